The number of carbonyl (C=O) groups excluding carboxylic acids is 2. The van der Waals surface area contributed by atoms with Crippen molar-refractivity contribution in [1.29, 1.82) is 0 Å². The van der Waals surface area contributed by atoms with Crippen molar-refractivity contribution in [1.82, 2.24) is 5.32 Å². The molecule has 2 aromatic carbocycles. The maximum absolute atomic E-state index is 12.2. The smallest absolute Gasteiger partial charge is 0.234 e. The molecule has 0 aromatic heterocycles. The average Bonchev–Trinajstić information content (AvgIpc) is 2.64. The summed E-state index contributed by atoms with van der Waals surface area (Å²) in [7, 11) is 0. The third-order valence-corrected chi connectivity index (χ3v) is 5.44. The number of hydrogen-bond acceptors (Lipinski definition) is 3. The fourth-order valence-electron chi connectivity index (χ4n) is 3.21. The molecule has 2 amide bonds. The van der Waals surface area contributed by atoms with Crippen molar-refractivity contribution >= 4 is 29.3 Å². The van der Waals surface area contributed by atoms with Crippen LogP contribution >= 0.6 is 11.8 Å². The van der Waals surface area contributed by atoms with Crippen LogP contribution in [0.1, 0.15) is 35.6 Å². The number of nitrogens with one attached hydrogen (secondary N) is 2. The van der Waals surface area contributed by atoms with E-state index < -0.39 is 0 Å². The number of amides is 2. The second-order valence-corrected chi connectivity index (χ2v) is 7.60. The summed E-state index contributed by atoms with van der Waals surface area (Å²) in [6.45, 7) is 2.00. The molecule has 0 saturated carbocycles. The fourth-order valence-corrected chi connectivity index (χ4v) is 3.84. The van der Waals surface area contributed by atoms with Gasteiger partial charge in [-0.05, 0) is 49.4 Å². The summed E-state index contributed by atoms with van der Waals surface area (Å²) in [5, 5.41) is 5.96. The molecule has 0 spiro atoms. The summed E-state index contributed by atoms with van der Waals surface area (Å²) in [5.74, 6) is 0.456. The van der Waals surface area contributed by atoms with Gasteiger partial charge in [-0.3, -0.25) is 9.59 Å². The minimum absolute atomic E-state index is 0.0140. The Kier molecular flexibility index (Phi) is 6.34. The van der Waals surface area contributed by atoms with E-state index in [1.54, 1.807) is 0 Å². The van der Waals surface area contributed by atoms with E-state index in [1.807, 2.05) is 43.3 Å². The Balaban J connectivity index is 1.42. The predicted octanol–water partition coefficient (Wildman–Crippen LogP) is 3.86. The van der Waals surface area contributed by atoms with E-state index in [-0.39, 0.29) is 23.6 Å². The highest BCUT2D eigenvalue weighted by Gasteiger charge is 2.21. The van der Waals surface area contributed by atoms with Gasteiger partial charge in [0.2, 0.25) is 11.8 Å². The maximum Gasteiger partial charge on any atom is 0.234 e. The molecular weight excluding hydrogens is 344 g/mol. The molecule has 2 N–H and O–H groups in total. The molecule has 0 aliphatic heterocycles. The first-order valence-electron chi connectivity index (χ1n) is 8.93. The Labute approximate surface area is 158 Å². The summed E-state index contributed by atoms with van der Waals surface area (Å²) < 4.78 is 0. The molecule has 1 atom stereocenters. The lowest BCUT2D eigenvalue weighted by molar-refractivity contribution is -0.119. The molecule has 0 unspecified atom stereocenters. The van der Waals surface area contributed by atoms with Crippen LogP contribution in [0.2, 0.25) is 0 Å². The number of carbonyl (C=O) groups is 2. The van der Waals surface area contributed by atoms with Gasteiger partial charge in [-0.2, -0.15) is 0 Å². The number of hydrogen-bond donors (Lipinski definition) is 2. The molecule has 1 aliphatic carbocycles. The SMILES string of the molecule is Cc1ccc(NC(=O)CSCC(=O)N[C@@H]2CCCc3ccccc32)cc1. The zero-order valence-electron chi connectivity index (χ0n) is 15.0. The first-order chi connectivity index (χ1) is 12.6. The average molecular weight is 369 g/mol. The van der Waals surface area contributed by atoms with Crippen LogP contribution in [-0.4, -0.2) is 23.3 Å². The van der Waals surface area contributed by atoms with Crippen molar-refractivity contribution in [3.05, 3.63) is 65.2 Å². The van der Waals surface area contributed by atoms with Gasteiger partial charge in [0.1, 0.15) is 0 Å². The van der Waals surface area contributed by atoms with Crippen LogP contribution in [0.25, 0.3) is 0 Å². The lowest BCUT2D eigenvalue weighted by Gasteiger charge is -2.26. The van der Waals surface area contributed by atoms with E-state index in [9.17, 15) is 9.59 Å². The monoisotopic (exact) mass is 368 g/mol. The second kappa shape index (κ2) is 8.90. The van der Waals surface area contributed by atoms with Crippen LogP contribution in [0.15, 0.2) is 48.5 Å². The first-order valence-corrected chi connectivity index (χ1v) is 10.1. The third kappa shape index (κ3) is 5.11. The summed E-state index contributed by atoms with van der Waals surface area (Å²) in [6.07, 6.45) is 3.14. The van der Waals surface area contributed by atoms with Crippen molar-refractivity contribution in [3.63, 3.8) is 0 Å². The van der Waals surface area contributed by atoms with E-state index in [2.05, 4.69) is 22.8 Å². The Morgan fingerprint density at radius 2 is 1.77 bits per heavy atom. The molecule has 0 radical (unpaired) electrons. The molecule has 0 fully saturated rings. The van der Waals surface area contributed by atoms with Crippen molar-refractivity contribution in [2.24, 2.45) is 0 Å². The molecule has 5 heteroatoms. The van der Waals surface area contributed by atoms with Crippen molar-refractivity contribution in [2.75, 3.05) is 16.8 Å². The minimum atomic E-state index is -0.0883. The first kappa shape index (κ1) is 18.5. The molecule has 0 bridgehead atoms. The number of fused-ring (bicyclic) bond motifs is 1. The molecule has 3 rings (SSSR count). The molecule has 2 aromatic rings. The van der Waals surface area contributed by atoms with E-state index in [1.165, 1.54) is 22.9 Å². The Morgan fingerprint density at radius 1 is 1.04 bits per heavy atom. The van der Waals surface area contributed by atoms with Crippen LogP contribution in [0.3, 0.4) is 0 Å². The molecule has 0 saturated heterocycles. The highest BCUT2D eigenvalue weighted by molar-refractivity contribution is 8.00. The number of rotatable bonds is 6. The van der Waals surface area contributed by atoms with Gasteiger partial charge in [-0.1, -0.05) is 42.0 Å². The van der Waals surface area contributed by atoms with Crippen LogP contribution in [0.5, 0.6) is 0 Å². The Hall–Kier alpha value is -2.27. The number of anilines is 1. The highest BCUT2D eigenvalue weighted by Crippen LogP contribution is 2.29. The quantitative estimate of drug-likeness (QED) is 0.814. The summed E-state index contributed by atoms with van der Waals surface area (Å²) in [5.41, 5.74) is 4.49. The lowest BCUT2D eigenvalue weighted by Crippen LogP contribution is -2.32. The van der Waals surface area contributed by atoms with Crippen molar-refractivity contribution in [3.8, 4) is 0 Å². The zero-order valence-corrected chi connectivity index (χ0v) is 15.8. The molecule has 4 nitrogen and oxygen atoms in total. The van der Waals surface area contributed by atoms with Gasteiger partial charge in [0.15, 0.2) is 0 Å². The Morgan fingerprint density at radius 3 is 2.58 bits per heavy atom. The van der Waals surface area contributed by atoms with Crippen LogP contribution in [-0.2, 0) is 16.0 Å². The summed E-state index contributed by atoms with van der Waals surface area (Å²) >= 11 is 1.34. The topological polar surface area (TPSA) is 58.2 Å². The van der Waals surface area contributed by atoms with Gasteiger partial charge in [0.05, 0.1) is 17.5 Å². The van der Waals surface area contributed by atoms with Crippen molar-refractivity contribution in [2.45, 2.75) is 32.2 Å². The standard InChI is InChI=1S/C21H24N2O2S/c1-15-9-11-17(12-10-15)22-20(24)13-26-14-21(25)23-19-8-4-6-16-5-2-3-7-18(16)19/h2-3,5,7,9-12,19H,4,6,8,13-14H2,1H3,(H,22,24)(H,23,25)/t19-/m1/s1. The zero-order chi connectivity index (χ0) is 18.4. The van der Waals surface area contributed by atoms with Crippen LogP contribution < -0.4 is 10.6 Å². The largest absolute Gasteiger partial charge is 0.349 e. The third-order valence-electron chi connectivity index (χ3n) is 4.51. The van der Waals surface area contributed by atoms with Crippen LogP contribution in [0, 0.1) is 6.92 Å². The number of thioether (sulfide) groups is 1. The second-order valence-electron chi connectivity index (χ2n) is 6.62. The lowest BCUT2D eigenvalue weighted by atomic mass is 9.88. The number of aryl methyl sites for hydroxylation is 2. The van der Waals surface area contributed by atoms with E-state index in [0.717, 1.165) is 30.5 Å². The van der Waals surface area contributed by atoms with Crippen LogP contribution in [0.4, 0.5) is 5.69 Å². The normalized spacial score (nSPS) is 15.8. The van der Waals surface area contributed by atoms with Crippen molar-refractivity contribution < 1.29 is 9.59 Å². The highest BCUT2D eigenvalue weighted by atomic mass is 32.2. The van der Waals surface area contributed by atoms with Gasteiger partial charge in [0.25, 0.3) is 0 Å². The van der Waals surface area contributed by atoms with E-state index in [4.69, 9.17) is 0 Å². The minimum Gasteiger partial charge on any atom is -0.349 e. The van der Waals surface area contributed by atoms with E-state index in [0.29, 0.717) is 5.75 Å². The fraction of sp³-hybridized carbons (Fsp3) is 0.333. The van der Waals surface area contributed by atoms with Gasteiger partial charge in [-0.15, -0.1) is 11.8 Å². The molecule has 0 heterocycles. The summed E-state index contributed by atoms with van der Waals surface area (Å²) in [4.78, 5) is 24.2. The van der Waals surface area contributed by atoms with Gasteiger partial charge in [-0.25, -0.2) is 0 Å². The molecule has 136 valence electrons. The van der Waals surface area contributed by atoms with Gasteiger partial charge < -0.3 is 10.6 Å². The van der Waals surface area contributed by atoms with E-state index >= 15 is 0 Å². The summed E-state index contributed by atoms with van der Waals surface area (Å²) in [6, 6.07) is 16.1. The molecule has 1 aliphatic rings. The molecular formula is C21H24N2O2S. The van der Waals surface area contributed by atoms with Gasteiger partial charge >= 0.3 is 0 Å². The maximum atomic E-state index is 12.2. The number of benzene rings is 2. The predicted molar refractivity (Wildman–Crippen MR) is 107 cm³/mol. The van der Waals surface area contributed by atoms with Gasteiger partial charge in [0, 0.05) is 5.69 Å². The molecule has 26 heavy (non-hydrogen) atoms. The Bertz CT molecular complexity index is 774.